The molecule has 7 rings (SSSR count). The van der Waals surface area contributed by atoms with Gasteiger partial charge in [0.1, 0.15) is 18.0 Å². The zero-order chi connectivity index (χ0) is 33.9. The lowest BCUT2D eigenvalue weighted by atomic mass is 9.80. The maximum atomic E-state index is 14.5. The summed E-state index contributed by atoms with van der Waals surface area (Å²) in [6, 6.07) is 20.9. The van der Waals surface area contributed by atoms with Crippen LogP contribution >= 0.6 is 11.6 Å². The van der Waals surface area contributed by atoms with Gasteiger partial charge in [-0.05, 0) is 102 Å². The van der Waals surface area contributed by atoms with E-state index in [0.717, 1.165) is 49.2 Å². The average molecular weight is 677 g/mol. The molecule has 4 heterocycles. The van der Waals surface area contributed by atoms with Crippen molar-refractivity contribution in [2.75, 3.05) is 19.6 Å². The molecule has 2 saturated heterocycles. The number of aromatic amines is 1. The molecule has 1 amide bonds. The number of rotatable bonds is 7. The number of benzene rings is 3. The van der Waals surface area contributed by atoms with Gasteiger partial charge in [0.05, 0.1) is 35.3 Å². The van der Waals surface area contributed by atoms with Crippen LogP contribution in [0.4, 0.5) is 4.39 Å². The second-order valence-electron chi connectivity index (χ2n) is 12.5. The van der Waals surface area contributed by atoms with Crippen LogP contribution in [-0.2, 0) is 4.79 Å². The van der Waals surface area contributed by atoms with E-state index in [-0.39, 0.29) is 29.7 Å². The predicted molar refractivity (Wildman–Crippen MR) is 183 cm³/mol. The third-order valence-electron chi connectivity index (χ3n) is 9.51. The fraction of sp³-hybridized carbons (Fsp3) is 0.278. The van der Waals surface area contributed by atoms with Gasteiger partial charge in [0.2, 0.25) is 5.91 Å². The first-order valence-electron chi connectivity index (χ1n) is 16.2. The number of hydrogen-bond donors (Lipinski definition) is 2. The Labute approximate surface area is 287 Å². The number of hydrogen-bond acceptors (Lipinski definition) is 8. The van der Waals surface area contributed by atoms with Crippen molar-refractivity contribution in [3.05, 3.63) is 119 Å². The van der Waals surface area contributed by atoms with E-state index in [1.54, 1.807) is 60.8 Å². The van der Waals surface area contributed by atoms with Crippen LogP contribution in [-0.4, -0.2) is 77.6 Å². The maximum absolute atomic E-state index is 14.5. The summed E-state index contributed by atoms with van der Waals surface area (Å²) in [6.07, 6.45) is 9.01. The number of aromatic nitrogens is 6. The zero-order valence-electron chi connectivity index (χ0n) is 26.5. The zero-order valence-corrected chi connectivity index (χ0v) is 27.3. The van der Waals surface area contributed by atoms with E-state index < -0.39 is 6.04 Å². The topological polar surface area (TPSA) is 146 Å². The summed E-state index contributed by atoms with van der Waals surface area (Å²) in [6.45, 7) is 2.14. The first-order valence-corrected chi connectivity index (χ1v) is 16.6. The number of nitrogens with zero attached hydrogens (tertiary/aromatic N) is 8. The van der Waals surface area contributed by atoms with Gasteiger partial charge < -0.3 is 15.6 Å². The molecule has 0 radical (unpaired) electrons. The highest BCUT2D eigenvalue weighted by Crippen LogP contribution is 2.44. The molecule has 3 aromatic carbocycles. The van der Waals surface area contributed by atoms with Crippen LogP contribution in [0, 0.1) is 17.1 Å². The summed E-state index contributed by atoms with van der Waals surface area (Å²) in [4.78, 5) is 27.1. The molecule has 248 valence electrons. The van der Waals surface area contributed by atoms with Gasteiger partial charge in [-0.1, -0.05) is 35.9 Å². The Morgan fingerprint density at radius 1 is 1.08 bits per heavy atom. The Kier molecular flexibility index (Phi) is 9.30. The number of tetrazole rings is 1. The molecule has 0 saturated carbocycles. The number of nitriles is 1. The van der Waals surface area contributed by atoms with Crippen LogP contribution in [0.3, 0.4) is 0 Å². The highest BCUT2D eigenvalue weighted by Gasteiger charge is 2.43. The van der Waals surface area contributed by atoms with Gasteiger partial charge in [-0.25, -0.2) is 9.37 Å². The van der Waals surface area contributed by atoms with Crippen LogP contribution in [0.2, 0.25) is 5.02 Å². The van der Waals surface area contributed by atoms with E-state index in [1.807, 2.05) is 17.0 Å². The number of nitrogens with one attached hydrogen (secondary N) is 1. The third-order valence-corrected chi connectivity index (χ3v) is 9.75. The molecule has 2 aliphatic rings. The minimum absolute atomic E-state index is 0.0482. The molecule has 2 aromatic heterocycles. The van der Waals surface area contributed by atoms with Gasteiger partial charge in [-0.3, -0.25) is 9.69 Å². The van der Waals surface area contributed by atoms with Crippen molar-refractivity contribution < 1.29 is 9.18 Å². The van der Waals surface area contributed by atoms with Crippen LogP contribution < -0.4 is 5.73 Å². The summed E-state index contributed by atoms with van der Waals surface area (Å²) in [5.41, 5.74) is 10.7. The Hall–Kier alpha value is -5.22. The lowest BCUT2D eigenvalue weighted by Crippen LogP contribution is -2.55. The van der Waals surface area contributed by atoms with Crippen LogP contribution in [0.1, 0.15) is 53.7 Å². The van der Waals surface area contributed by atoms with Gasteiger partial charge in [0, 0.05) is 41.2 Å². The van der Waals surface area contributed by atoms with E-state index in [2.05, 4.69) is 31.5 Å². The standard InChI is InChI=1S/C36H34ClFN10O/c37-27-8-11-33(48-22-42-44-45-48)26(17-27)7-12-34(49)47-21-30(46-15-13-29(40)14-16-46)18-31(24-5-9-28(38)10-6-24)35(47)36-41-20-32(43-36)25-3-1-23(19-39)2-4-25/h1-12,17,20,22,29-31,35H,13-16,18,21,40H2,(H,41,43). The molecular weight excluding hydrogens is 643 g/mol. The van der Waals surface area contributed by atoms with E-state index in [1.165, 1.54) is 23.1 Å². The van der Waals surface area contributed by atoms with Crippen molar-refractivity contribution in [3.63, 3.8) is 0 Å². The molecule has 5 aromatic rings. The summed E-state index contributed by atoms with van der Waals surface area (Å²) < 4.78 is 15.7. The minimum atomic E-state index is -0.489. The van der Waals surface area contributed by atoms with Crippen molar-refractivity contribution >= 4 is 23.6 Å². The molecule has 11 nitrogen and oxygen atoms in total. The predicted octanol–water partition coefficient (Wildman–Crippen LogP) is 5.28. The summed E-state index contributed by atoms with van der Waals surface area (Å²) in [5, 5.41) is 21.3. The van der Waals surface area contributed by atoms with E-state index in [4.69, 9.17) is 22.3 Å². The second-order valence-corrected chi connectivity index (χ2v) is 13.0. The quantitative estimate of drug-likeness (QED) is 0.222. The first-order chi connectivity index (χ1) is 23.9. The summed E-state index contributed by atoms with van der Waals surface area (Å²) in [5.74, 6) is -0.119. The van der Waals surface area contributed by atoms with Gasteiger partial charge in [0.15, 0.2) is 0 Å². The molecule has 3 atom stereocenters. The highest BCUT2D eigenvalue weighted by atomic mass is 35.5. The number of H-pyrrole nitrogens is 1. The number of piperidine rings is 2. The Balaban J connectivity index is 1.29. The van der Waals surface area contributed by atoms with E-state index in [9.17, 15) is 14.4 Å². The Morgan fingerprint density at radius 3 is 2.57 bits per heavy atom. The molecule has 0 aliphatic carbocycles. The first kappa shape index (κ1) is 32.3. The normalized spacial score (nSPS) is 20.4. The molecule has 13 heteroatoms. The summed E-state index contributed by atoms with van der Waals surface area (Å²) in [7, 11) is 0. The maximum Gasteiger partial charge on any atom is 0.247 e. The molecule has 3 N–H and O–H groups in total. The molecule has 0 spiro atoms. The van der Waals surface area contributed by atoms with Crippen molar-refractivity contribution in [2.45, 2.75) is 43.3 Å². The monoisotopic (exact) mass is 676 g/mol. The van der Waals surface area contributed by atoms with Crippen molar-refractivity contribution in [2.24, 2.45) is 5.73 Å². The van der Waals surface area contributed by atoms with Gasteiger partial charge in [-0.2, -0.15) is 9.94 Å². The number of nitrogens with two attached hydrogens (primary N) is 1. The fourth-order valence-electron chi connectivity index (χ4n) is 6.95. The molecule has 3 unspecified atom stereocenters. The van der Waals surface area contributed by atoms with Crippen LogP contribution in [0.5, 0.6) is 0 Å². The molecule has 49 heavy (non-hydrogen) atoms. The van der Waals surface area contributed by atoms with E-state index >= 15 is 0 Å². The van der Waals surface area contributed by atoms with Gasteiger partial charge in [-0.15, -0.1) is 5.10 Å². The number of carbonyl (C=O) groups is 1. The van der Waals surface area contributed by atoms with Gasteiger partial charge in [0.25, 0.3) is 0 Å². The van der Waals surface area contributed by atoms with Crippen LogP contribution in [0.15, 0.2) is 85.3 Å². The second kappa shape index (κ2) is 14.1. The largest absolute Gasteiger partial charge is 0.340 e. The van der Waals surface area contributed by atoms with Crippen molar-refractivity contribution in [1.29, 1.82) is 5.26 Å². The average Bonchev–Trinajstić information content (AvgIpc) is 3.85. The lowest BCUT2D eigenvalue weighted by Gasteiger charge is -2.48. The van der Waals surface area contributed by atoms with Crippen molar-refractivity contribution in [3.8, 4) is 23.0 Å². The minimum Gasteiger partial charge on any atom is -0.340 e. The summed E-state index contributed by atoms with van der Waals surface area (Å²) >= 11 is 6.37. The fourth-order valence-corrected chi connectivity index (χ4v) is 7.13. The molecule has 0 bridgehead atoms. The van der Waals surface area contributed by atoms with Crippen LogP contribution in [0.25, 0.3) is 23.0 Å². The Morgan fingerprint density at radius 2 is 1.86 bits per heavy atom. The number of imidazole rings is 1. The molecule has 2 fully saturated rings. The Bertz CT molecular complexity index is 1980. The third kappa shape index (κ3) is 7.00. The number of amides is 1. The van der Waals surface area contributed by atoms with E-state index in [0.29, 0.717) is 34.2 Å². The smallest absolute Gasteiger partial charge is 0.247 e. The lowest BCUT2D eigenvalue weighted by molar-refractivity contribution is -0.132. The highest BCUT2D eigenvalue weighted by molar-refractivity contribution is 6.30. The molecular formula is C36H34ClFN10O. The van der Waals surface area contributed by atoms with Crippen molar-refractivity contribution in [1.82, 2.24) is 40.0 Å². The number of carbonyl (C=O) groups excluding carboxylic acids is 1. The number of likely N-dealkylation sites (tertiary alicyclic amines) is 2. The molecule has 2 aliphatic heterocycles. The van der Waals surface area contributed by atoms with Gasteiger partial charge >= 0.3 is 0 Å². The SMILES string of the molecule is N#Cc1ccc(-c2cnc(C3C(c4ccc(F)cc4)CC(N4CCC(N)CC4)CN3C(=O)C=Cc3cc(Cl)ccc3-n3cnnn3)[nH]2)cc1. The number of halogens is 2.